The smallest absolute Gasteiger partial charge is 0.341 e. The number of amides is 1. The van der Waals surface area contributed by atoms with Crippen LogP contribution in [0, 0.1) is 0 Å². The number of rotatable bonds is 8. The Morgan fingerprint density at radius 2 is 1.77 bits per heavy atom. The molecule has 212 valence electrons. The number of aliphatic hydroxyl groups excluding tert-OH is 3. The van der Waals surface area contributed by atoms with E-state index in [9.17, 15) is 29.7 Å². The lowest BCUT2D eigenvalue weighted by atomic mass is 9.97. The molecule has 1 aliphatic rings. The minimum atomic E-state index is -1.48. The molecular weight excluding hydrogens is 526 g/mol. The van der Waals surface area contributed by atoms with E-state index in [1.165, 1.54) is 27.3 Å². The number of hydrogen-bond donors (Lipinski definition) is 5. The van der Waals surface area contributed by atoms with Gasteiger partial charge in [0.25, 0.3) is 0 Å². The number of anilines is 2. The van der Waals surface area contributed by atoms with Gasteiger partial charge in [0.1, 0.15) is 35.7 Å². The summed E-state index contributed by atoms with van der Waals surface area (Å²) in [5, 5.41) is 36.5. The van der Waals surface area contributed by atoms with E-state index < -0.39 is 55.1 Å². The number of ether oxygens (including phenoxy) is 4. The van der Waals surface area contributed by atoms with E-state index in [0.29, 0.717) is 22.3 Å². The van der Waals surface area contributed by atoms with Crippen LogP contribution in [0.25, 0.3) is 10.9 Å². The molecule has 0 radical (unpaired) electrons. The van der Waals surface area contributed by atoms with Gasteiger partial charge in [0, 0.05) is 30.3 Å². The average Bonchev–Trinajstić information content (AvgIpc) is 2.96. The Morgan fingerprint density at radius 3 is 2.45 bits per heavy atom. The van der Waals surface area contributed by atoms with Gasteiger partial charge in [0.15, 0.2) is 0 Å². The largest absolute Gasteiger partial charge is 0.465 e. The number of aromatic nitrogens is 1. The van der Waals surface area contributed by atoms with Crippen molar-refractivity contribution in [1.29, 1.82) is 0 Å². The highest BCUT2D eigenvalue weighted by Crippen LogP contribution is 2.32. The van der Waals surface area contributed by atoms with Gasteiger partial charge in [-0.3, -0.25) is 9.78 Å². The molecule has 1 aromatic heterocycles. The SMILES string of the molecule is COC(=O)c1ccc2ncc(C(=O)OC)c(Nc3cccc(O[C@@H]4O[C@H](CO)[C@H](O)[C@@H](O)[C@@H]4NC(C)=O)c3)c2c1. The normalized spacial score (nSPS) is 22.3. The van der Waals surface area contributed by atoms with Gasteiger partial charge in [-0.1, -0.05) is 6.07 Å². The van der Waals surface area contributed by atoms with Gasteiger partial charge in [0.05, 0.1) is 37.6 Å². The third kappa shape index (κ3) is 5.97. The van der Waals surface area contributed by atoms with Crippen LogP contribution in [0.1, 0.15) is 27.6 Å². The van der Waals surface area contributed by atoms with Gasteiger partial charge in [-0.2, -0.15) is 0 Å². The van der Waals surface area contributed by atoms with Crippen molar-refractivity contribution >= 4 is 40.1 Å². The number of nitrogens with one attached hydrogen (secondary N) is 2. The maximum Gasteiger partial charge on any atom is 0.341 e. The summed E-state index contributed by atoms with van der Waals surface area (Å²) < 4.78 is 21.3. The highest BCUT2D eigenvalue weighted by Gasteiger charge is 2.46. The number of fused-ring (bicyclic) bond motifs is 1. The summed E-state index contributed by atoms with van der Waals surface area (Å²) in [7, 11) is 2.49. The first-order chi connectivity index (χ1) is 19.2. The van der Waals surface area contributed by atoms with Crippen LogP contribution in [-0.4, -0.2) is 89.6 Å². The van der Waals surface area contributed by atoms with Crippen LogP contribution in [0.4, 0.5) is 11.4 Å². The highest BCUT2D eigenvalue weighted by molar-refractivity contribution is 6.07. The fraction of sp³-hybridized carbons (Fsp3) is 0.333. The number of nitrogens with zero attached hydrogens (tertiary/aromatic N) is 1. The first-order valence-corrected chi connectivity index (χ1v) is 12.2. The predicted octanol–water partition coefficient (Wildman–Crippen LogP) is 0.874. The van der Waals surface area contributed by atoms with E-state index in [1.807, 2.05) is 0 Å². The summed E-state index contributed by atoms with van der Waals surface area (Å²) in [6.07, 6.45) is -3.99. The molecule has 1 aliphatic heterocycles. The standard InChI is InChI=1S/C27H29N3O10/c1-13(32)29-22-24(34)23(33)20(12-31)40-27(22)39-16-6-4-5-15(10-16)30-21-17-9-14(25(35)37-2)7-8-19(17)28-11-18(21)26(36)38-3/h4-11,20,22-24,27,31,33-34H,12H2,1-3H3,(H,28,30)(H,29,32)/t20-,22+,23+,24+,27-/m1/s1. The fourth-order valence-corrected chi connectivity index (χ4v) is 4.33. The van der Waals surface area contributed by atoms with Crippen LogP contribution in [0.15, 0.2) is 48.7 Å². The molecule has 0 unspecified atom stereocenters. The van der Waals surface area contributed by atoms with E-state index in [1.54, 1.807) is 42.5 Å². The van der Waals surface area contributed by atoms with Crippen molar-refractivity contribution in [2.24, 2.45) is 0 Å². The van der Waals surface area contributed by atoms with Crippen molar-refractivity contribution in [3.63, 3.8) is 0 Å². The van der Waals surface area contributed by atoms with Crippen molar-refractivity contribution in [2.45, 2.75) is 37.6 Å². The summed E-state index contributed by atoms with van der Waals surface area (Å²) in [4.78, 5) is 40.8. The molecule has 13 nitrogen and oxygen atoms in total. The molecule has 5 atom stereocenters. The molecule has 4 rings (SSSR count). The van der Waals surface area contributed by atoms with E-state index in [0.717, 1.165) is 0 Å². The van der Waals surface area contributed by atoms with Gasteiger partial charge in [-0.15, -0.1) is 0 Å². The second-order valence-corrected chi connectivity index (χ2v) is 8.97. The Labute approximate surface area is 228 Å². The maximum absolute atomic E-state index is 12.6. The number of methoxy groups -OCH3 is 2. The molecule has 1 amide bonds. The third-order valence-electron chi connectivity index (χ3n) is 6.30. The van der Waals surface area contributed by atoms with Crippen LogP contribution >= 0.6 is 0 Å². The van der Waals surface area contributed by atoms with E-state index >= 15 is 0 Å². The number of aliphatic hydroxyl groups is 3. The lowest BCUT2D eigenvalue weighted by Crippen LogP contribution is -2.65. The number of benzene rings is 2. The first-order valence-electron chi connectivity index (χ1n) is 12.2. The molecule has 2 heterocycles. The van der Waals surface area contributed by atoms with Crippen molar-refractivity contribution in [1.82, 2.24) is 10.3 Å². The van der Waals surface area contributed by atoms with Gasteiger partial charge >= 0.3 is 11.9 Å². The van der Waals surface area contributed by atoms with E-state index in [-0.39, 0.29) is 16.9 Å². The summed E-state index contributed by atoms with van der Waals surface area (Å²) in [6.45, 7) is 0.647. The Kier molecular flexibility index (Phi) is 8.80. The molecule has 2 aromatic carbocycles. The average molecular weight is 556 g/mol. The van der Waals surface area contributed by atoms with Gasteiger partial charge in [-0.25, -0.2) is 9.59 Å². The fourth-order valence-electron chi connectivity index (χ4n) is 4.33. The third-order valence-corrected chi connectivity index (χ3v) is 6.30. The van der Waals surface area contributed by atoms with Crippen LogP contribution in [-0.2, 0) is 19.0 Å². The minimum absolute atomic E-state index is 0.104. The quantitative estimate of drug-likeness (QED) is 0.247. The Bertz CT molecular complexity index is 1410. The molecule has 1 saturated heterocycles. The van der Waals surface area contributed by atoms with Crippen LogP contribution in [0.3, 0.4) is 0 Å². The maximum atomic E-state index is 12.6. The van der Waals surface area contributed by atoms with Crippen LogP contribution in [0.5, 0.6) is 5.75 Å². The van der Waals surface area contributed by atoms with Gasteiger partial charge in [-0.05, 0) is 30.3 Å². The molecular formula is C27H29N3O10. The molecule has 1 fully saturated rings. The van der Waals surface area contributed by atoms with Gasteiger partial charge < -0.3 is 44.9 Å². The molecule has 0 aliphatic carbocycles. The van der Waals surface area contributed by atoms with Crippen molar-refractivity contribution in [3.05, 3.63) is 59.8 Å². The predicted molar refractivity (Wildman–Crippen MR) is 140 cm³/mol. The molecule has 5 N–H and O–H groups in total. The lowest BCUT2D eigenvalue weighted by Gasteiger charge is -2.42. The Balaban J connectivity index is 1.69. The van der Waals surface area contributed by atoms with Crippen LogP contribution in [0.2, 0.25) is 0 Å². The van der Waals surface area contributed by atoms with E-state index in [2.05, 4.69) is 15.6 Å². The monoisotopic (exact) mass is 555 g/mol. The summed E-state index contributed by atoms with van der Waals surface area (Å²) in [5.41, 5.74) is 1.60. The summed E-state index contributed by atoms with van der Waals surface area (Å²) in [5.74, 6) is -1.48. The minimum Gasteiger partial charge on any atom is -0.465 e. The Hall–Kier alpha value is -4.30. The lowest BCUT2D eigenvalue weighted by molar-refractivity contribution is -0.244. The van der Waals surface area contributed by atoms with Gasteiger partial charge in [0.2, 0.25) is 12.2 Å². The number of esters is 2. The Morgan fingerprint density at radius 1 is 1.02 bits per heavy atom. The zero-order chi connectivity index (χ0) is 29.0. The molecule has 3 aromatic rings. The number of hydrogen-bond acceptors (Lipinski definition) is 12. The highest BCUT2D eigenvalue weighted by atomic mass is 16.7. The van der Waals surface area contributed by atoms with Crippen LogP contribution < -0.4 is 15.4 Å². The van der Waals surface area contributed by atoms with Crippen molar-refractivity contribution < 1.29 is 48.7 Å². The number of carbonyl (C=O) groups is 3. The number of pyridine rings is 1. The topological polar surface area (TPSA) is 186 Å². The second-order valence-electron chi connectivity index (χ2n) is 8.97. The summed E-state index contributed by atoms with van der Waals surface area (Å²) in [6, 6.07) is 10.1. The summed E-state index contributed by atoms with van der Waals surface area (Å²) >= 11 is 0. The van der Waals surface area contributed by atoms with Crippen molar-refractivity contribution in [2.75, 3.05) is 26.1 Å². The van der Waals surface area contributed by atoms with E-state index in [4.69, 9.17) is 18.9 Å². The molecule has 0 bridgehead atoms. The zero-order valence-corrected chi connectivity index (χ0v) is 21.9. The molecule has 0 saturated carbocycles. The second kappa shape index (κ2) is 12.3. The zero-order valence-electron chi connectivity index (χ0n) is 21.9. The molecule has 0 spiro atoms. The number of carbonyl (C=O) groups excluding carboxylic acids is 3. The molecule has 40 heavy (non-hydrogen) atoms. The first kappa shape index (κ1) is 28.7. The molecule has 13 heteroatoms. The van der Waals surface area contributed by atoms with Crippen molar-refractivity contribution in [3.8, 4) is 5.75 Å².